The van der Waals surface area contributed by atoms with Gasteiger partial charge in [0.1, 0.15) is 5.75 Å². The highest BCUT2D eigenvalue weighted by Crippen LogP contribution is 2.29. The molecule has 4 rings (SSSR count). The Labute approximate surface area is 205 Å². The van der Waals surface area contributed by atoms with Crippen molar-refractivity contribution in [1.29, 1.82) is 0 Å². The molecule has 0 saturated carbocycles. The first-order valence-electron chi connectivity index (χ1n) is 11.6. The van der Waals surface area contributed by atoms with Crippen LogP contribution in [-0.4, -0.2) is 42.8 Å². The van der Waals surface area contributed by atoms with E-state index in [2.05, 4.69) is 57.9 Å². The van der Waals surface area contributed by atoms with Crippen LogP contribution in [0.25, 0.3) is 16.9 Å². The Balaban J connectivity index is 1.54. The highest BCUT2D eigenvalue weighted by molar-refractivity contribution is 7.98. The Morgan fingerprint density at radius 2 is 1.85 bits per heavy atom. The summed E-state index contributed by atoms with van der Waals surface area (Å²) in [7, 11) is 1.66. The van der Waals surface area contributed by atoms with E-state index in [9.17, 15) is 9.59 Å². The molecule has 178 valence electrons. The molecule has 0 radical (unpaired) electrons. The average molecular weight is 478 g/mol. The van der Waals surface area contributed by atoms with Gasteiger partial charge in [-0.3, -0.25) is 14.9 Å². The molecule has 34 heavy (non-hydrogen) atoms. The van der Waals surface area contributed by atoms with E-state index in [1.165, 1.54) is 4.90 Å². The molecule has 1 aliphatic heterocycles. The van der Waals surface area contributed by atoms with Crippen molar-refractivity contribution in [3.63, 3.8) is 0 Å². The van der Waals surface area contributed by atoms with Gasteiger partial charge in [0.25, 0.3) is 0 Å². The summed E-state index contributed by atoms with van der Waals surface area (Å²) in [6.07, 6.45) is 4.63. The quantitative estimate of drug-likeness (QED) is 0.469. The summed E-state index contributed by atoms with van der Waals surface area (Å²) in [4.78, 5) is 26.2. The molecule has 1 aromatic heterocycles. The molecule has 0 aliphatic carbocycles. The van der Waals surface area contributed by atoms with Gasteiger partial charge in [-0.25, -0.2) is 0 Å². The number of aryl methyl sites for hydroxylation is 1. The number of hydrogen-bond acceptors (Lipinski definition) is 5. The Bertz CT molecular complexity index is 1120. The zero-order chi connectivity index (χ0) is 23.9. The first kappa shape index (κ1) is 24.1. The number of rotatable bonds is 8. The normalized spacial score (nSPS) is 15.6. The van der Waals surface area contributed by atoms with E-state index in [4.69, 9.17) is 4.74 Å². The van der Waals surface area contributed by atoms with E-state index in [1.807, 2.05) is 24.3 Å². The number of amides is 2. The molecule has 1 unspecified atom stereocenters. The largest absolute Gasteiger partial charge is 0.497 e. The van der Waals surface area contributed by atoms with Gasteiger partial charge in [0, 0.05) is 29.2 Å². The predicted octanol–water partition coefficient (Wildman–Crippen LogP) is 4.45. The molecular formula is C27H31N3O3S. The molecule has 0 bridgehead atoms. The van der Waals surface area contributed by atoms with Crippen LogP contribution in [0.4, 0.5) is 0 Å². The molecule has 0 spiro atoms. The van der Waals surface area contributed by atoms with Gasteiger partial charge in [0.2, 0.25) is 11.8 Å². The number of piperidine rings is 1. The number of carbonyl (C=O) groups excluding carboxylic acids is 2. The predicted molar refractivity (Wildman–Crippen MR) is 137 cm³/mol. The first-order chi connectivity index (χ1) is 16.6. The topological polar surface area (TPSA) is 72.4 Å². The molecule has 1 atom stereocenters. The van der Waals surface area contributed by atoms with Crippen molar-refractivity contribution >= 4 is 23.6 Å². The molecule has 2 amide bonds. The summed E-state index contributed by atoms with van der Waals surface area (Å²) in [6.45, 7) is 1.57. The second-order valence-electron chi connectivity index (χ2n) is 8.43. The van der Waals surface area contributed by atoms with Gasteiger partial charge in [-0.05, 0) is 98.3 Å². The number of aromatic nitrogens is 1. The number of imide groups is 1. The maximum absolute atomic E-state index is 12.6. The van der Waals surface area contributed by atoms with Crippen LogP contribution in [-0.2, 0) is 16.0 Å². The standard InChI is InChI=1S/C27H31N3O3S/c1-33-23-11-5-19(6-12-23)25-15-9-22(30(25)21-7-13-24(34-2)14-8-21)10-16-26(31)29-27(32)20-4-3-17-28-18-20/h5-9,11-15,20,28H,3-4,10,16-18H2,1-2H3,(H,29,31,32). The van der Waals surface area contributed by atoms with Crippen LogP contribution < -0.4 is 15.4 Å². The smallest absolute Gasteiger partial charge is 0.230 e. The lowest BCUT2D eigenvalue weighted by atomic mass is 9.99. The second-order valence-corrected chi connectivity index (χ2v) is 9.31. The maximum Gasteiger partial charge on any atom is 0.230 e. The minimum Gasteiger partial charge on any atom is -0.497 e. The highest BCUT2D eigenvalue weighted by Gasteiger charge is 2.22. The zero-order valence-corrected chi connectivity index (χ0v) is 20.5. The van der Waals surface area contributed by atoms with Crippen molar-refractivity contribution in [1.82, 2.24) is 15.2 Å². The summed E-state index contributed by atoms with van der Waals surface area (Å²) < 4.78 is 7.49. The van der Waals surface area contributed by atoms with Gasteiger partial charge in [-0.15, -0.1) is 11.8 Å². The van der Waals surface area contributed by atoms with E-state index >= 15 is 0 Å². The zero-order valence-electron chi connectivity index (χ0n) is 19.7. The van der Waals surface area contributed by atoms with Crippen LogP contribution in [0.15, 0.2) is 65.6 Å². The van der Waals surface area contributed by atoms with Gasteiger partial charge >= 0.3 is 0 Å². The van der Waals surface area contributed by atoms with Crippen molar-refractivity contribution in [2.45, 2.75) is 30.6 Å². The van der Waals surface area contributed by atoms with Crippen LogP contribution >= 0.6 is 11.8 Å². The van der Waals surface area contributed by atoms with Crippen molar-refractivity contribution in [2.75, 3.05) is 26.5 Å². The lowest BCUT2D eigenvalue weighted by Gasteiger charge is -2.21. The Hall–Kier alpha value is -3.03. The SMILES string of the molecule is COc1ccc(-c2ccc(CCC(=O)NC(=O)C3CCCNC3)n2-c2ccc(SC)cc2)cc1. The third-order valence-electron chi connectivity index (χ3n) is 6.22. The van der Waals surface area contributed by atoms with Crippen LogP contribution in [0.5, 0.6) is 5.75 Å². The van der Waals surface area contributed by atoms with Gasteiger partial charge in [0.05, 0.1) is 18.7 Å². The van der Waals surface area contributed by atoms with E-state index < -0.39 is 0 Å². The number of nitrogens with one attached hydrogen (secondary N) is 2. The fraction of sp³-hybridized carbons (Fsp3) is 0.333. The molecule has 2 N–H and O–H groups in total. The van der Waals surface area contributed by atoms with Crippen molar-refractivity contribution in [2.24, 2.45) is 5.92 Å². The number of carbonyl (C=O) groups is 2. The minimum atomic E-state index is -0.230. The fourth-order valence-electron chi connectivity index (χ4n) is 4.32. The number of benzene rings is 2. The average Bonchev–Trinajstić information content (AvgIpc) is 3.32. The summed E-state index contributed by atoms with van der Waals surface area (Å²) in [6, 6.07) is 20.5. The van der Waals surface area contributed by atoms with E-state index in [0.29, 0.717) is 13.0 Å². The molecule has 1 aliphatic rings. The summed E-state index contributed by atoms with van der Waals surface area (Å²) in [5.74, 6) is 0.283. The monoisotopic (exact) mass is 477 g/mol. The molecule has 1 fully saturated rings. The third-order valence-corrected chi connectivity index (χ3v) is 6.96. The van der Waals surface area contributed by atoms with Crippen molar-refractivity contribution < 1.29 is 14.3 Å². The van der Waals surface area contributed by atoms with E-state index in [1.54, 1.807) is 18.9 Å². The Kier molecular flexibility index (Phi) is 8.08. The van der Waals surface area contributed by atoms with Gasteiger partial charge in [-0.2, -0.15) is 0 Å². The summed E-state index contributed by atoms with van der Waals surface area (Å²) in [5.41, 5.74) is 4.16. The fourth-order valence-corrected chi connectivity index (χ4v) is 4.72. The third kappa shape index (κ3) is 5.72. The number of thioether (sulfide) groups is 1. The molecule has 1 saturated heterocycles. The number of nitrogens with zero attached hydrogens (tertiary/aromatic N) is 1. The van der Waals surface area contributed by atoms with E-state index in [-0.39, 0.29) is 24.2 Å². The van der Waals surface area contributed by atoms with Gasteiger partial charge < -0.3 is 14.6 Å². The van der Waals surface area contributed by atoms with Crippen LogP contribution in [0.3, 0.4) is 0 Å². The minimum absolute atomic E-state index is 0.127. The molecule has 2 aromatic carbocycles. The second kappa shape index (κ2) is 11.4. The Morgan fingerprint density at radius 3 is 2.50 bits per heavy atom. The number of hydrogen-bond donors (Lipinski definition) is 2. The summed E-state index contributed by atoms with van der Waals surface area (Å²) >= 11 is 1.70. The van der Waals surface area contributed by atoms with Crippen LogP contribution in [0, 0.1) is 5.92 Å². The van der Waals surface area contributed by atoms with Gasteiger partial charge in [-0.1, -0.05) is 0 Å². The molecule has 2 heterocycles. The van der Waals surface area contributed by atoms with Crippen molar-refractivity contribution in [3.8, 4) is 22.7 Å². The lowest BCUT2D eigenvalue weighted by molar-refractivity contribution is -0.133. The number of methoxy groups -OCH3 is 1. The maximum atomic E-state index is 12.6. The van der Waals surface area contributed by atoms with Gasteiger partial charge in [0.15, 0.2) is 0 Å². The Morgan fingerprint density at radius 1 is 1.09 bits per heavy atom. The lowest BCUT2D eigenvalue weighted by Crippen LogP contribution is -2.42. The summed E-state index contributed by atoms with van der Waals surface area (Å²) in [5, 5.41) is 5.82. The molecular weight excluding hydrogens is 446 g/mol. The van der Waals surface area contributed by atoms with Crippen LogP contribution in [0.1, 0.15) is 25.0 Å². The highest BCUT2D eigenvalue weighted by atomic mass is 32.2. The van der Waals surface area contributed by atoms with Crippen LogP contribution in [0.2, 0.25) is 0 Å². The molecule has 7 heteroatoms. The molecule has 3 aromatic rings. The first-order valence-corrected chi connectivity index (χ1v) is 12.9. The van der Waals surface area contributed by atoms with E-state index in [0.717, 1.165) is 47.8 Å². The molecule has 6 nitrogen and oxygen atoms in total. The number of ether oxygens (including phenoxy) is 1. The van der Waals surface area contributed by atoms with Crippen molar-refractivity contribution in [3.05, 3.63) is 66.4 Å².